The molecule has 33 heavy (non-hydrogen) atoms. The van der Waals surface area contributed by atoms with E-state index in [1.165, 1.54) is 21.9 Å². The molecule has 1 fully saturated rings. The van der Waals surface area contributed by atoms with Crippen molar-refractivity contribution in [3.8, 4) is 0 Å². The number of nitrogens with zero attached hydrogens (tertiary/aromatic N) is 1. The lowest BCUT2D eigenvalue weighted by atomic mass is 9.98. The first kappa shape index (κ1) is 22.1. The van der Waals surface area contributed by atoms with E-state index in [-0.39, 0.29) is 0 Å². The number of hydrogen-bond acceptors (Lipinski definition) is 5. The lowest BCUT2D eigenvalue weighted by Gasteiger charge is -2.40. The van der Waals surface area contributed by atoms with Crippen molar-refractivity contribution >= 4 is 21.7 Å². The van der Waals surface area contributed by atoms with E-state index in [0.29, 0.717) is 6.42 Å². The first-order valence-electron chi connectivity index (χ1n) is 11.3. The number of aromatic nitrogens is 1. The highest BCUT2D eigenvalue weighted by molar-refractivity contribution is 5.88. The van der Waals surface area contributed by atoms with Gasteiger partial charge in [0, 0.05) is 11.6 Å². The van der Waals surface area contributed by atoms with E-state index in [1.54, 1.807) is 0 Å². The minimum Gasteiger partial charge on any atom is -0.394 e. The number of para-hydroxylation sites is 1. The van der Waals surface area contributed by atoms with E-state index >= 15 is 0 Å². The number of rotatable bonds is 4. The van der Waals surface area contributed by atoms with Gasteiger partial charge in [-0.15, -0.1) is 0 Å². The Kier molecular flexibility index (Phi) is 5.72. The quantitative estimate of drug-likeness (QED) is 0.386. The molecular formula is C27H29NO5. The predicted octanol–water partition coefficient (Wildman–Crippen LogP) is 2.97. The van der Waals surface area contributed by atoms with Crippen LogP contribution in [0.1, 0.15) is 28.5 Å². The molecule has 1 aliphatic rings. The van der Waals surface area contributed by atoms with Crippen LogP contribution >= 0.6 is 0 Å². The number of aliphatic hydroxyl groups excluding tert-OH is 4. The Morgan fingerprint density at radius 3 is 2.42 bits per heavy atom. The first-order chi connectivity index (χ1) is 15.9. The molecule has 0 aliphatic carbocycles. The van der Waals surface area contributed by atoms with Gasteiger partial charge in [-0.3, -0.25) is 0 Å². The fraction of sp³-hybridized carbons (Fsp3) is 0.333. The summed E-state index contributed by atoms with van der Waals surface area (Å²) in [5.74, 6) is 0. The predicted molar refractivity (Wildman–Crippen MR) is 127 cm³/mol. The zero-order valence-electron chi connectivity index (χ0n) is 18.7. The molecule has 0 unspecified atom stereocenters. The van der Waals surface area contributed by atoms with Crippen LogP contribution < -0.4 is 0 Å². The van der Waals surface area contributed by atoms with E-state index < -0.39 is 37.3 Å². The van der Waals surface area contributed by atoms with Crippen LogP contribution in [0.5, 0.6) is 0 Å². The Balaban J connectivity index is 1.58. The number of benzene rings is 3. The van der Waals surface area contributed by atoms with E-state index in [0.717, 1.165) is 22.0 Å². The van der Waals surface area contributed by atoms with Gasteiger partial charge < -0.3 is 29.7 Å². The molecule has 2 heterocycles. The van der Waals surface area contributed by atoms with Gasteiger partial charge in [0.2, 0.25) is 0 Å². The van der Waals surface area contributed by atoms with Gasteiger partial charge in [0.05, 0.1) is 12.1 Å². The van der Waals surface area contributed by atoms with Crippen LogP contribution in [0.15, 0.2) is 60.8 Å². The van der Waals surface area contributed by atoms with Crippen molar-refractivity contribution < 1.29 is 25.2 Å². The summed E-state index contributed by atoms with van der Waals surface area (Å²) >= 11 is 0. The van der Waals surface area contributed by atoms with Crippen molar-refractivity contribution in [1.29, 1.82) is 0 Å². The van der Waals surface area contributed by atoms with Crippen molar-refractivity contribution in [2.24, 2.45) is 0 Å². The smallest absolute Gasteiger partial charge is 0.163 e. The van der Waals surface area contributed by atoms with Gasteiger partial charge in [-0.1, -0.05) is 60.2 Å². The van der Waals surface area contributed by atoms with Crippen molar-refractivity contribution in [2.75, 3.05) is 6.61 Å². The summed E-state index contributed by atoms with van der Waals surface area (Å²) in [5, 5.41) is 44.3. The molecule has 172 valence electrons. The molecule has 1 aromatic heterocycles. The van der Waals surface area contributed by atoms with Crippen LogP contribution in [0.3, 0.4) is 0 Å². The minimum atomic E-state index is -1.42. The zero-order chi connectivity index (χ0) is 23.3. The van der Waals surface area contributed by atoms with Gasteiger partial charge in [-0.25, -0.2) is 0 Å². The average molecular weight is 448 g/mol. The maximum Gasteiger partial charge on any atom is 0.163 e. The van der Waals surface area contributed by atoms with Crippen molar-refractivity contribution in [1.82, 2.24) is 4.57 Å². The molecule has 1 saturated heterocycles. The maximum absolute atomic E-state index is 10.7. The van der Waals surface area contributed by atoms with Crippen LogP contribution in [-0.2, 0) is 11.2 Å². The molecule has 0 radical (unpaired) electrons. The summed E-state index contributed by atoms with van der Waals surface area (Å²) in [5.41, 5.74) is 5.36. The molecule has 6 nitrogen and oxygen atoms in total. The average Bonchev–Trinajstić information content (AvgIpc) is 3.17. The topological polar surface area (TPSA) is 95.1 Å². The maximum atomic E-state index is 10.7. The molecule has 1 aliphatic heterocycles. The molecule has 0 spiro atoms. The Bertz CT molecular complexity index is 1310. The highest BCUT2D eigenvalue weighted by Crippen LogP contribution is 2.35. The molecule has 4 aromatic rings. The summed E-state index contributed by atoms with van der Waals surface area (Å²) in [4.78, 5) is 0. The summed E-state index contributed by atoms with van der Waals surface area (Å²) in [6, 6.07) is 18.9. The van der Waals surface area contributed by atoms with Crippen molar-refractivity contribution in [2.45, 2.75) is 50.9 Å². The molecule has 5 rings (SSSR count). The standard InChI is InChI=1S/C27H29NO5/c1-15-6-8-19-11-17(7-9-18(19)10-15)12-20-13-28(23-16(2)4-3-5-21(20)23)27-26(32)25(31)24(30)22(14-29)33-27/h3-11,13,22,24-27,29-32H,12,14H2,1-2H3/t22-,24-,25+,26-,27-/m1/s1. The third kappa shape index (κ3) is 3.84. The number of fused-ring (bicyclic) bond motifs is 2. The Morgan fingerprint density at radius 2 is 1.64 bits per heavy atom. The van der Waals surface area contributed by atoms with Gasteiger partial charge in [0.1, 0.15) is 24.4 Å². The summed E-state index contributed by atoms with van der Waals surface area (Å²) in [7, 11) is 0. The van der Waals surface area contributed by atoms with Crippen LogP contribution in [0.4, 0.5) is 0 Å². The lowest BCUT2D eigenvalue weighted by molar-refractivity contribution is -0.250. The van der Waals surface area contributed by atoms with E-state index in [9.17, 15) is 20.4 Å². The second kappa shape index (κ2) is 8.56. The van der Waals surface area contributed by atoms with Crippen LogP contribution in [0.2, 0.25) is 0 Å². The van der Waals surface area contributed by atoms with E-state index in [2.05, 4.69) is 43.3 Å². The van der Waals surface area contributed by atoms with Gasteiger partial charge in [-0.2, -0.15) is 0 Å². The Morgan fingerprint density at radius 1 is 0.879 bits per heavy atom. The molecule has 0 amide bonds. The molecule has 6 heteroatoms. The summed E-state index contributed by atoms with van der Waals surface area (Å²) < 4.78 is 7.69. The van der Waals surface area contributed by atoms with Crippen LogP contribution in [0, 0.1) is 13.8 Å². The van der Waals surface area contributed by atoms with Crippen LogP contribution in [-0.4, -0.2) is 56.0 Å². The fourth-order valence-corrected chi connectivity index (χ4v) is 4.96. The molecule has 0 bridgehead atoms. The Labute approximate surface area is 192 Å². The first-order valence-corrected chi connectivity index (χ1v) is 11.3. The third-order valence-electron chi connectivity index (χ3n) is 6.73. The Hall–Kier alpha value is -2.74. The number of ether oxygens (including phenoxy) is 1. The summed E-state index contributed by atoms with van der Waals surface area (Å²) in [6.45, 7) is 3.62. The fourth-order valence-electron chi connectivity index (χ4n) is 4.96. The second-order valence-electron chi connectivity index (χ2n) is 9.11. The molecule has 0 saturated carbocycles. The van der Waals surface area contributed by atoms with E-state index in [4.69, 9.17) is 4.74 Å². The lowest BCUT2D eigenvalue weighted by Crippen LogP contribution is -2.56. The SMILES string of the molecule is Cc1ccc2cc(Cc3cn([C@@H]4O[C@H](CO)[C@@H](O)[C@H](O)[C@H]4O)c4c(C)cccc34)ccc2c1. The van der Waals surface area contributed by atoms with E-state index in [1.807, 2.05) is 35.9 Å². The normalized spacial score (nSPS) is 25.7. The van der Waals surface area contributed by atoms with Gasteiger partial charge in [0.15, 0.2) is 6.23 Å². The number of aliphatic hydroxyl groups is 4. The number of hydrogen-bond donors (Lipinski definition) is 4. The van der Waals surface area contributed by atoms with Crippen molar-refractivity contribution in [3.63, 3.8) is 0 Å². The highest BCUT2D eigenvalue weighted by atomic mass is 16.6. The molecule has 3 aromatic carbocycles. The van der Waals surface area contributed by atoms with Gasteiger partial charge >= 0.3 is 0 Å². The molecular weight excluding hydrogens is 418 g/mol. The van der Waals surface area contributed by atoms with Gasteiger partial charge in [0.25, 0.3) is 0 Å². The van der Waals surface area contributed by atoms with Crippen LogP contribution in [0.25, 0.3) is 21.7 Å². The van der Waals surface area contributed by atoms with Crippen molar-refractivity contribution in [3.05, 3.63) is 83.0 Å². The summed E-state index contributed by atoms with van der Waals surface area (Å²) in [6.07, 6.45) is -3.40. The van der Waals surface area contributed by atoms with Gasteiger partial charge in [-0.05, 0) is 47.7 Å². The highest BCUT2D eigenvalue weighted by Gasteiger charge is 2.44. The zero-order valence-corrected chi connectivity index (χ0v) is 18.7. The number of aryl methyl sites for hydroxylation is 2. The second-order valence-corrected chi connectivity index (χ2v) is 9.11. The third-order valence-corrected chi connectivity index (χ3v) is 6.73. The monoisotopic (exact) mass is 447 g/mol. The molecule has 4 N–H and O–H groups in total. The minimum absolute atomic E-state index is 0.455. The molecule has 5 atom stereocenters. The largest absolute Gasteiger partial charge is 0.394 e.